The predicted octanol–water partition coefficient (Wildman–Crippen LogP) is 4.60. The van der Waals surface area contributed by atoms with E-state index < -0.39 is 11.9 Å². The molecule has 0 saturated heterocycles. The van der Waals surface area contributed by atoms with Crippen LogP contribution in [0.25, 0.3) is 6.08 Å². The van der Waals surface area contributed by atoms with Crippen LogP contribution in [-0.2, 0) is 14.3 Å². The molecule has 0 atom stereocenters. The monoisotopic (exact) mass is 492 g/mol. The second-order valence-corrected chi connectivity index (χ2v) is 6.98. The van der Waals surface area contributed by atoms with Gasteiger partial charge < -0.3 is 19.5 Å². The van der Waals surface area contributed by atoms with Crippen molar-refractivity contribution < 1.29 is 23.8 Å². The molecular weight excluding hydrogens is 476 g/mol. The molecule has 0 fully saturated rings. The lowest BCUT2D eigenvalue weighted by atomic mass is 10.1. The van der Waals surface area contributed by atoms with Gasteiger partial charge in [-0.05, 0) is 42.8 Å². The number of hydrogen-bond acceptors (Lipinski definition) is 6. The number of carbonyl (C=O) groups is 2. The Morgan fingerprint density at radius 3 is 2.63 bits per heavy atom. The Labute approximate surface area is 187 Å². The molecule has 0 aliphatic heterocycles. The molecule has 0 saturated carbocycles. The standard InChI is InChI=1S/C21H18BrClN2O5/c1-3-29-20(26)12-30-19-10-15(22)13(9-18(19)28-2)8-14(11-24)21(27)25-17-7-5-4-6-16(17)23/h4-10H,3,12H2,1-2H3,(H,25,27)/b14-8+. The van der Waals surface area contributed by atoms with E-state index in [4.69, 9.17) is 25.8 Å². The second-order valence-electron chi connectivity index (χ2n) is 5.72. The number of carbonyl (C=O) groups excluding carboxylic acids is 2. The number of para-hydroxylation sites is 1. The van der Waals surface area contributed by atoms with Crippen LogP contribution in [0.3, 0.4) is 0 Å². The fourth-order valence-corrected chi connectivity index (χ4v) is 2.95. The number of hydrogen-bond donors (Lipinski definition) is 1. The van der Waals surface area contributed by atoms with E-state index in [1.165, 1.54) is 13.2 Å². The average Bonchev–Trinajstić information content (AvgIpc) is 2.73. The van der Waals surface area contributed by atoms with Crippen LogP contribution in [0.4, 0.5) is 5.69 Å². The van der Waals surface area contributed by atoms with Crippen LogP contribution >= 0.6 is 27.5 Å². The summed E-state index contributed by atoms with van der Waals surface area (Å²) >= 11 is 9.42. The highest BCUT2D eigenvalue weighted by Gasteiger charge is 2.15. The Kier molecular flexibility index (Phi) is 8.71. The first kappa shape index (κ1) is 23.3. The summed E-state index contributed by atoms with van der Waals surface area (Å²) in [6, 6.07) is 11.7. The number of methoxy groups -OCH3 is 1. The van der Waals surface area contributed by atoms with Crippen molar-refractivity contribution >= 4 is 51.2 Å². The molecule has 2 aromatic rings. The minimum atomic E-state index is -0.612. The minimum absolute atomic E-state index is 0.141. The lowest BCUT2D eigenvalue weighted by Gasteiger charge is -2.12. The van der Waals surface area contributed by atoms with Crippen molar-refractivity contribution in [2.24, 2.45) is 0 Å². The van der Waals surface area contributed by atoms with Gasteiger partial charge in [0.2, 0.25) is 0 Å². The van der Waals surface area contributed by atoms with Gasteiger partial charge in [0.15, 0.2) is 18.1 Å². The highest BCUT2D eigenvalue weighted by atomic mass is 79.9. The van der Waals surface area contributed by atoms with E-state index in [1.54, 1.807) is 43.3 Å². The Balaban J connectivity index is 2.27. The van der Waals surface area contributed by atoms with Crippen molar-refractivity contribution in [2.45, 2.75) is 6.92 Å². The topological polar surface area (TPSA) is 97.7 Å². The van der Waals surface area contributed by atoms with Crippen molar-refractivity contribution in [3.8, 4) is 17.6 Å². The van der Waals surface area contributed by atoms with Crippen molar-refractivity contribution in [1.29, 1.82) is 5.26 Å². The average molecular weight is 494 g/mol. The summed E-state index contributed by atoms with van der Waals surface area (Å²) in [4.78, 5) is 24.0. The van der Waals surface area contributed by atoms with Gasteiger partial charge in [-0.3, -0.25) is 4.79 Å². The Morgan fingerprint density at radius 1 is 1.27 bits per heavy atom. The molecule has 0 aromatic heterocycles. The molecule has 0 aliphatic carbocycles. The summed E-state index contributed by atoms with van der Waals surface area (Å²) in [5.41, 5.74) is 0.753. The highest BCUT2D eigenvalue weighted by Crippen LogP contribution is 2.35. The van der Waals surface area contributed by atoms with Gasteiger partial charge in [0.05, 0.1) is 24.4 Å². The maximum atomic E-state index is 12.5. The van der Waals surface area contributed by atoms with Gasteiger partial charge in [0.1, 0.15) is 11.6 Å². The van der Waals surface area contributed by atoms with Gasteiger partial charge in [-0.15, -0.1) is 0 Å². The van der Waals surface area contributed by atoms with E-state index in [9.17, 15) is 14.9 Å². The van der Waals surface area contributed by atoms with Gasteiger partial charge in [-0.2, -0.15) is 5.26 Å². The van der Waals surface area contributed by atoms with Crippen molar-refractivity contribution in [3.05, 3.63) is 57.0 Å². The molecular formula is C21H18BrClN2O5. The van der Waals surface area contributed by atoms with Crippen molar-refractivity contribution in [2.75, 3.05) is 25.6 Å². The highest BCUT2D eigenvalue weighted by molar-refractivity contribution is 9.10. The Morgan fingerprint density at radius 2 is 2.00 bits per heavy atom. The Hall–Kier alpha value is -3.02. The number of nitriles is 1. The van der Waals surface area contributed by atoms with Crippen LogP contribution in [0, 0.1) is 11.3 Å². The number of benzene rings is 2. The van der Waals surface area contributed by atoms with Crippen LogP contribution in [0.15, 0.2) is 46.4 Å². The molecule has 0 spiro atoms. The van der Waals surface area contributed by atoms with Crippen molar-refractivity contribution in [1.82, 2.24) is 0 Å². The lowest BCUT2D eigenvalue weighted by molar-refractivity contribution is -0.145. The van der Waals surface area contributed by atoms with Gasteiger partial charge in [0, 0.05) is 4.47 Å². The summed E-state index contributed by atoms with van der Waals surface area (Å²) in [5, 5.41) is 12.4. The van der Waals surface area contributed by atoms with Crippen LogP contribution < -0.4 is 14.8 Å². The fraction of sp³-hybridized carbons (Fsp3) is 0.190. The van der Waals surface area contributed by atoms with Crippen molar-refractivity contribution in [3.63, 3.8) is 0 Å². The number of rotatable bonds is 8. The van der Waals surface area contributed by atoms with E-state index in [0.29, 0.717) is 32.2 Å². The molecule has 0 radical (unpaired) electrons. The van der Waals surface area contributed by atoms with E-state index in [0.717, 1.165) is 0 Å². The summed E-state index contributed by atoms with van der Waals surface area (Å²) < 4.78 is 16.1. The number of halogens is 2. The molecule has 2 aromatic carbocycles. The maximum Gasteiger partial charge on any atom is 0.344 e. The zero-order valence-electron chi connectivity index (χ0n) is 16.2. The minimum Gasteiger partial charge on any atom is -0.493 e. The molecule has 7 nitrogen and oxygen atoms in total. The van der Waals surface area contributed by atoms with E-state index in [1.807, 2.05) is 6.07 Å². The first-order chi connectivity index (χ1) is 14.4. The summed E-state index contributed by atoms with van der Waals surface area (Å²) in [7, 11) is 1.43. The predicted molar refractivity (Wildman–Crippen MR) is 116 cm³/mol. The molecule has 1 amide bonds. The zero-order valence-corrected chi connectivity index (χ0v) is 18.5. The molecule has 156 valence electrons. The van der Waals surface area contributed by atoms with Gasteiger partial charge in [0.25, 0.3) is 5.91 Å². The molecule has 1 N–H and O–H groups in total. The van der Waals surface area contributed by atoms with Crippen LogP contribution in [0.2, 0.25) is 5.02 Å². The third-order valence-corrected chi connectivity index (χ3v) is 4.74. The number of nitrogens with one attached hydrogen (secondary N) is 1. The fourth-order valence-electron chi connectivity index (χ4n) is 2.33. The lowest BCUT2D eigenvalue weighted by Crippen LogP contribution is -2.15. The summed E-state index contributed by atoms with van der Waals surface area (Å²) in [6.07, 6.45) is 1.40. The van der Waals surface area contributed by atoms with Gasteiger partial charge >= 0.3 is 5.97 Å². The summed E-state index contributed by atoms with van der Waals surface area (Å²) in [6.45, 7) is 1.67. The molecule has 30 heavy (non-hydrogen) atoms. The van der Waals surface area contributed by atoms with Crippen LogP contribution in [0.1, 0.15) is 12.5 Å². The normalized spacial score (nSPS) is 10.7. The molecule has 9 heteroatoms. The van der Waals surface area contributed by atoms with Gasteiger partial charge in [-0.25, -0.2) is 4.79 Å². The smallest absolute Gasteiger partial charge is 0.344 e. The SMILES string of the molecule is CCOC(=O)COc1cc(Br)c(/C=C(\C#N)C(=O)Nc2ccccc2Cl)cc1OC. The Bertz CT molecular complexity index is 1020. The molecule has 0 aliphatic rings. The molecule has 0 unspecified atom stereocenters. The number of amides is 1. The number of ether oxygens (including phenoxy) is 3. The van der Waals surface area contributed by atoms with Crippen LogP contribution in [-0.4, -0.2) is 32.2 Å². The molecule has 0 bridgehead atoms. The number of nitrogens with zero attached hydrogens (tertiary/aromatic N) is 1. The quantitative estimate of drug-likeness (QED) is 0.328. The number of anilines is 1. The third-order valence-electron chi connectivity index (χ3n) is 3.72. The van der Waals surface area contributed by atoms with Crippen LogP contribution in [0.5, 0.6) is 11.5 Å². The summed E-state index contributed by atoms with van der Waals surface area (Å²) in [5.74, 6) is -0.507. The molecule has 0 heterocycles. The second kappa shape index (κ2) is 11.2. The first-order valence-electron chi connectivity index (χ1n) is 8.73. The van der Waals surface area contributed by atoms with E-state index >= 15 is 0 Å². The largest absolute Gasteiger partial charge is 0.493 e. The zero-order chi connectivity index (χ0) is 22.1. The molecule has 2 rings (SSSR count). The first-order valence-corrected chi connectivity index (χ1v) is 9.90. The maximum absolute atomic E-state index is 12.5. The third kappa shape index (κ3) is 6.24. The van der Waals surface area contributed by atoms with Gasteiger partial charge in [-0.1, -0.05) is 39.7 Å². The van der Waals surface area contributed by atoms with E-state index in [-0.39, 0.29) is 18.8 Å². The van der Waals surface area contributed by atoms with E-state index in [2.05, 4.69) is 21.2 Å². The number of esters is 1.